The van der Waals surface area contributed by atoms with Crippen LogP contribution in [0.25, 0.3) is 10.9 Å². The lowest BCUT2D eigenvalue weighted by Crippen LogP contribution is -2.34. The molecule has 1 aromatic heterocycles. The van der Waals surface area contributed by atoms with Crippen LogP contribution in [0.2, 0.25) is 0 Å². The Balaban J connectivity index is 1.66. The SMILES string of the molecule is Cc1[nH]nc2ccc(C(=O)N(C)CCN(C)c3ccccc3)cc12. The average Bonchev–Trinajstić information content (AvgIpc) is 3.00. The van der Waals surface area contributed by atoms with Crippen LogP contribution in [-0.4, -0.2) is 48.2 Å². The van der Waals surface area contributed by atoms with Crippen molar-refractivity contribution in [3.63, 3.8) is 0 Å². The van der Waals surface area contributed by atoms with Gasteiger partial charge in [-0.3, -0.25) is 9.89 Å². The van der Waals surface area contributed by atoms with Crippen LogP contribution in [0.1, 0.15) is 16.1 Å². The Morgan fingerprint density at radius 1 is 1.08 bits per heavy atom. The summed E-state index contributed by atoms with van der Waals surface area (Å²) in [6, 6.07) is 15.8. The van der Waals surface area contributed by atoms with Crippen molar-refractivity contribution in [3.05, 3.63) is 59.8 Å². The van der Waals surface area contributed by atoms with Crippen molar-refractivity contribution >= 4 is 22.5 Å². The third kappa shape index (κ3) is 3.25. The van der Waals surface area contributed by atoms with Crippen molar-refractivity contribution in [1.82, 2.24) is 15.1 Å². The van der Waals surface area contributed by atoms with E-state index in [1.807, 2.05) is 57.4 Å². The number of carbonyl (C=O) groups is 1. The van der Waals surface area contributed by atoms with Crippen molar-refractivity contribution in [2.75, 3.05) is 32.1 Å². The number of nitrogens with zero attached hydrogens (tertiary/aromatic N) is 3. The Bertz CT molecular complexity index is 841. The minimum absolute atomic E-state index is 0.0268. The summed E-state index contributed by atoms with van der Waals surface area (Å²) in [5.41, 5.74) is 3.70. The van der Waals surface area contributed by atoms with Gasteiger partial charge in [0.25, 0.3) is 5.91 Å². The fraction of sp³-hybridized carbons (Fsp3) is 0.263. The third-order valence-electron chi connectivity index (χ3n) is 4.31. The first-order chi connectivity index (χ1) is 11.6. The summed E-state index contributed by atoms with van der Waals surface area (Å²) < 4.78 is 0. The number of fused-ring (bicyclic) bond motifs is 1. The Hall–Kier alpha value is -2.82. The number of aromatic amines is 1. The van der Waals surface area contributed by atoms with E-state index in [0.717, 1.165) is 28.8 Å². The van der Waals surface area contributed by atoms with Crippen LogP contribution in [0.5, 0.6) is 0 Å². The van der Waals surface area contributed by atoms with Gasteiger partial charge >= 0.3 is 0 Å². The second kappa shape index (κ2) is 6.74. The molecule has 1 heterocycles. The van der Waals surface area contributed by atoms with Crippen molar-refractivity contribution in [1.29, 1.82) is 0 Å². The molecule has 0 unspecified atom stereocenters. The van der Waals surface area contributed by atoms with Crippen LogP contribution in [0.3, 0.4) is 0 Å². The summed E-state index contributed by atoms with van der Waals surface area (Å²) in [5.74, 6) is 0.0268. The van der Waals surface area contributed by atoms with Gasteiger partial charge in [-0.2, -0.15) is 5.10 Å². The molecule has 5 nitrogen and oxygen atoms in total. The van der Waals surface area contributed by atoms with Gasteiger partial charge in [-0.05, 0) is 37.3 Å². The summed E-state index contributed by atoms with van der Waals surface area (Å²) in [5, 5.41) is 8.14. The van der Waals surface area contributed by atoms with E-state index < -0.39 is 0 Å². The Morgan fingerprint density at radius 2 is 1.83 bits per heavy atom. The molecule has 0 radical (unpaired) electrons. The summed E-state index contributed by atoms with van der Waals surface area (Å²) in [6.45, 7) is 3.40. The van der Waals surface area contributed by atoms with E-state index in [9.17, 15) is 4.79 Å². The third-order valence-corrected chi connectivity index (χ3v) is 4.31. The normalized spacial score (nSPS) is 10.8. The van der Waals surface area contributed by atoms with Crippen LogP contribution in [0.15, 0.2) is 48.5 Å². The van der Waals surface area contributed by atoms with E-state index in [1.54, 1.807) is 4.90 Å². The number of aromatic nitrogens is 2. The van der Waals surface area contributed by atoms with Crippen molar-refractivity contribution in [2.24, 2.45) is 0 Å². The molecule has 24 heavy (non-hydrogen) atoms. The molecule has 1 amide bonds. The maximum Gasteiger partial charge on any atom is 0.253 e. The molecule has 124 valence electrons. The summed E-state index contributed by atoms with van der Waals surface area (Å²) in [4.78, 5) is 16.6. The van der Waals surface area contributed by atoms with Gasteiger partial charge in [-0.25, -0.2) is 0 Å². The highest BCUT2D eigenvalue weighted by Crippen LogP contribution is 2.18. The molecular weight excluding hydrogens is 300 g/mol. The molecule has 0 saturated heterocycles. The molecular formula is C19H22N4O. The molecule has 1 N–H and O–H groups in total. The zero-order chi connectivity index (χ0) is 17.1. The maximum atomic E-state index is 12.6. The first-order valence-corrected chi connectivity index (χ1v) is 8.02. The number of hydrogen-bond acceptors (Lipinski definition) is 3. The molecule has 5 heteroatoms. The number of amides is 1. The zero-order valence-corrected chi connectivity index (χ0v) is 14.3. The van der Waals surface area contributed by atoms with Crippen LogP contribution in [-0.2, 0) is 0 Å². The molecule has 0 bridgehead atoms. The van der Waals surface area contributed by atoms with Gasteiger partial charge in [-0.15, -0.1) is 0 Å². The Kier molecular flexibility index (Phi) is 4.51. The van der Waals surface area contributed by atoms with Gasteiger partial charge in [-0.1, -0.05) is 18.2 Å². The monoisotopic (exact) mass is 322 g/mol. The maximum absolute atomic E-state index is 12.6. The first-order valence-electron chi connectivity index (χ1n) is 8.02. The number of benzene rings is 2. The molecule has 0 spiro atoms. The highest BCUT2D eigenvalue weighted by Gasteiger charge is 2.14. The smallest absolute Gasteiger partial charge is 0.253 e. The summed E-state index contributed by atoms with van der Waals surface area (Å²) >= 11 is 0. The van der Waals surface area contributed by atoms with Gasteiger partial charge in [0, 0.05) is 49.5 Å². The average molecular weight is 322 g/mol. The molecule has 0 saturated carbocycles. The lowest BCUT2D eigenvalue weighted by molar-refractivity contribution is 0.0799. The number of hydrogen-bond donors (Lipinski definition) is 1. The lowest BCUT2D eigenvalue weighted by Gasteiger charge is -2.24. The molecule has 2 aromatic carbocycles. The van der Waals surface area contributed by atoms with Crippen LogP contribution in [0, 0.1) is 6.92 Å². The predicted molar refractivity (Wildman–Crippen MR) is 97.5 cm³/mol. The number of aryl methyl sites for hydroxylation is 1. The molecule has 0 aliphatic rings. The first kappa shape index (κ1) is 16.1. The van der Waals surface area contributed by atoms with Crippen LogP contribution < -0.4 is 4.90 Å². The minimum Gasteiger partial charge on any atom is -0.373 e. The van der Waals surface area contributed by atoms with Gasteiger partial charge < -0.3 is 9.80 Å². The van der Waals surface area contributed by atoms with Crippen molar-refractivity contribution in [2.45, 2.75) is 6.92 Å². The number of H-pyrrole nitrogens is 1. The van der Waals surface area contributed by atoms with Crippen LogP contribution >= 0.6 is 0 Å². The number of carbonyl (C=O) groups excluding carboxylic acids is 1. The van der Waals surface area contributed by atoms with E-state index in [4.69, 9.17) is 0 Å². The molecule has 3 aromatic rings. The Labute approximate surface area is 141 Å². The van der Waals surface area contributed by atoms with Gasteiger partial charge in [0.1, 0.15) is 0 Å². The van der Waals surface area contributed by atoms with Gasteiger partial charge in [0.2, 0.25) is 0 Å². The molecule has 0 aliphatic heterocycles. The molecule has 0 aliphatic carbocycles. The van der Waals surface area contributed by atoms with Crippen molar-refractivity contribution < 1.29 is 4.79 Å². The van der Waals surface area contributed by atoms with Crippen LogP contribution in [0.4, 0.5) is 5.69 Å². The standard InChI is InChI=1S/C19H22N4O/c1-14-17-13-15(9-10-18(17)21-20-14)19(24)23(3)12-11-22(2)16-7-5-4-6-8-16/h4-10,13H,11-12H2,1-3H3,(H,20,21). The van der Waals surface area contributed by atoms with E-state index >= 15 is 0 Å². The number of nitrogens with one attached hydrogen (secondary N) is 1. The largest absolute Gasteiger partial charge is 0.373 e. The number of anilines is 1. The van der Waals surface area contributed by atoms with E-state index in [0.29, 0.717) is 12.1 Å². The van der Waals surface area contributed by atoms with E-state index in [1.165, 1.54) is 0 Å². The predicted octanol–water partition coefficient (Wildman–Crippen LogP) is 3.08. The van der Waals surface area contributed by atoms with Gasteiger partial charge in [0.05, 0.1) is 5.52 Å². The number of rotatable bonds is 5. The van der Waals surface area contributed by atoms with E-state index in [-0.39, 0.29) is 5.91 Å². The fourth-order valence-corrected chi connectivity index (χ4v) is 2.70. The molecule has 0 atom stereocenters. The summed E-state index contributed by atoms with van der Waals surface area (Å²) in [6.07, 6.45) is 0. The van der Waals surface area contributed by atoms with Gasteiger partial charge in [0.15, 0.2) is 0 Å². The van der Waals surface area contributed by atoms with E-state index in [2.05, 4.69) is 27.2 Å². The second-order valence-corrected chi connectivity index (χ2v) is 6.06. The zero-order valence-electron chi connectivity index (χ0n) is 14.3. The summed E-state index contributed by atoms with van der Waals surface area (Å²) in [7, 11) is 3.88. The fourth-order valence-electron chi connectivity index (χ4n) is 2.70. The number of likely N-dealkylation sites (N-methyl/N-ethyl adjacent to an activating group) is 2. The minimum atomic E-state index is 0.0268. The highest BCUT2D eigenvalue weighted by atomic mass is 16.2. The topological polar surface area (TPSA) is 52.2 Å². The second-order valence-electron chi connectivity index (χ2n) is 6.06. The number of para-hydroxylation sites is 1. The Morgan fingerprint density at radius 3 is 2.58 bits per heavy atom. The quantitative estimate of drug-likeness (QED) is 0.785. The highest BCUT2D eigenvalue weighted by molar-refractivity contribution is 5.98. The van der Waals surface area contributed by atoms with Crippen molar-refractivity contribution in [3.8, 4) is 0 Å². The molecule has 0 fully saturated rings. The lowest BCUT2D eigenvalue weighted by atomic mass is 10.1. The molecule has 3 rings (SSSR count).